The summed E-state index contributed by atoms with van der Waals surface area (Å²) in [5.41, 5.74) is 9.90. The lowest BCUT2D eigenvalue weighted by molar-refractivity contribution is 1.07. The van der Waals surface area contributed by atoms with Crippen molar-refractivity contribution in [2.75, 3.05) is 0 Å². The van der Waals surface area contributed by atoms with Gasteiger partial charge < -0.3 is 0 Å². The zero-order valence-corrected chi connectivity index (χ0v) is 27.0. The minimum atomic E-state index is 0.635. The monoisotopic (exact) mass is 639 g/mol. The molecule has 50 heavy (non-hydrogen) atoms. The molecule has 3 heterocycles. The molecular formula is C45H29N5. The Balaban J connectivity index is 1.06. The van der Waals surface area contributed by atoms with Crippen molar-refractivity contribution in [1.29, 1.82) is 0 Å². The molecule has 0 fully saturated rings. The summed E-state index contributed by atoms with van der Waals surface area (Å²) in [6.45, 7) is 0. The van der Waals surface area contributed by atoms with E-state index >= 15 is 0 Å². The van der Waals surface area contributed by atoms with Crippen LogP contribution in [0.3, 0.4) is 0 Å². The fourth-order valence-corrected chi connectivity index (χ4v) is 6.47. The first kappa shape index (κ1) is 29.3. The van der Waals surface area contributed by atoms with E-state index in [1.54, 1.807) is 0 Å². The fraction of sp³-hybridized carbons (Fsp3) is 0. The first-order chi connectivity index (χ1) is 24.8. The number of nitrogens with zero attached hydrogens (tertiary/aromatic N) is 5. The molecule has 0 saturated heterocycles. The van der Waals surface area contributed by atoms with Gasteiger partial charge >= 0.3 is 0 Å². The summed E-state index contributed by atoms with van der Waals surface area (Å²) < 4.78 is 0. The maximum Gasteiger partial charge on any atom is 0.164 e. The highest BCUT2D eigenvalue weighted by atomic mass is 15.0. The first-order valence-electron chi connectivity index (χ1n) is 16.6. The van der Waals surface area contributed by atoms with Crippen LogP contribution in [-0.2, 0) is 0 Å². The average molecular weight is 640 g/mol. The second-order valence-corrected chi connectivity index (χ2v) is 12.1. The Morgan fingerprint density at radius 1 is 0.300 bits per heavy atom. The van der Waals surface area contributed by atoms with Gasteiger partial charge in [0, 0.05) is 33.7 Å². The van der Waals surface area contributed by atoms with E-state index < -0.39 is 0 Å². The predicted octanol–water partition coefficient (Wildman–Crippen LogP) is 11.0. The van der Waals surface area contributed by atoms with Gasteiger partial charge in [-0.3, -0.25) is 4.98 Å². The summed E-state index contributed by atoms with van der Waals surface area (Å²) in [6, 6.07) is 58.0. The topological polar surface area (TPSA) is 64.5 Å². The normalized spacial score (nSPS) is 11.2. The maximum atomic E-state index is 5.06. The molecule has 0 spiro atoms. The van der Waals surface area contributed by atoms with Crippen LogP contribution in [0.1, 0.15) is 0 Å². The quantitative estimate of drug-likeness (QED) is 0.169. The average Bonchev–Trinajstić information content (AvgIpc) is 3.21. The van der Waals surface area contributed by atoms with Gasteiger partial charge in [-0.1, -0.05) is 146 Å². The molecule has 0 unspecified atom stereocenters. The zero-order chi connectivity index (χ0) is 33.3. The highest BCUT2D eigenvalue weighted by Crippen LogP contribution is 2.34. The van der Waals surface area contributed by atoms with Gasteiger partial charge in [0.15, 0.2) is 17.5 Å². The van der Waals surface area contributed by atoms with Crippen molar-refractivity contribution in [3.8, 4) is 67.8 Å². The van der Waals surface area contributed by atoms with Crippen LogP contribution in [0.15, 0.2) is 176 Å². The van der Waals surface area contributed by atoms with E-state index in [9.17, 15) is 0 Å². The summed E-state index contributed by atoms with van der Waals surface area (Å²) in [5, 5.41) is 3.42. The van der Waals surface area contributed by atoms with Crippen LogP contribution in [-0.4, -0.2) is 24.9 Å². The molecule has 0 saturated carbocycles. The molecule has 5 heteroatoms. The molecule has 234 valence electrons. The molecule has 6 aromatic carbocycles. The van der Waals surface area contributed by atoms with Crippen molar-refractivity contribution in [2.45, 2.75) is 0 Å². The Hall–Kier alpha value is -6.85. The van der Waals surface area contributed by atoms with E-state index in [2.05, 4.69) is 103 Å². The SMILES string of the molecule is c1ccc(-c2nc(-c3ccccc3)nc(-c3cccc(-c4ccc(-c5ccnc(-c6nc7ccccc7c7ccccc67)c5)cc4)c3)n2)cc1. The minimum Gasteiger partial charge on any atom is -0.255 e. The van der Waals surface area contributed by atoms with Crippen molar-refractivity contribution in [1.82, 2.24) is 24.9 Å². The van der Waals surface area contributed by atoms with E-state index in [1.807, 2.05) is 72.9 Å². The minimum absolute atomic E-state index is 0.635. The second-order valence-electron chi connectivity index (χ2n) is 12.1. The van der Waals surface area contributed by atoms with Gasteiger partial charge in [0.1, 0.15) is 0 Å². The number of hydrogen-bond acceptors (Lipinski definition) is 5. The summed E-state index contributed by atoms with van der Waals surface area (Å²) in [6.07, 6.45) is 1.87. The lowest BCUT2D eigenvalue weighted by Gasteiger charge is -2.11. The number of hydrogen-bond donors (Lipinski definition) is 0. The van der Waals surface area contributed by atoms with Crippen LogP contribution in [0.5, 0.6) is 0 Å². The number of fused-ring (bicyclic) bond motifs is 3. The van der Waals surface area contributed by atoms with Gasteiger partial charge in [0.2, 0.25) is 0 Å². The van der Waals surface area contributed by atoms with E-state index in [-0.39, 0.29) is 0 Å². The molecule has 0 N–H and O–H groups in total. The van der Waals surface area contributed by atoms with E-state index in [0.29, 0.717) is 17.5 Å². The van der Waals surface area contributed by atoms with E-state index in [1.165, 1.54) is 5.39 Å². The highest BCUT2D eigenvalue weighted by molar-refractivity contribution is 6.10. The summed E-state index contributed by atoms with van der Waals surface area (Å²) in [4.78, 5) is 24.5. The zero-order valence-electron chi connectivity index (χ0n) is 27.0. The van der Waals surface area contributed by atoms with Crippen molar-refractivity contribution >= 4 is 21.7 Å². The molecule has 9 rings (SSSR count). The molecule has 0 amide bonds. The summed E-state index contributed by atoms with van der Waals surface area (Å²) >= 11 is 0. The Kier molecular flexibility index (Phi) is 7.41. The van der Waals surface area contributed by atoms with Gasteiger partial charge in [-0.25, -0.2) is 19.9 Å². The Morgan fingerprint density at radius 2 is 0.800 bits per heavy atom. The van der Waals surface area contributed by atoms with Gasteiger partial charge in [-0.15, -0.1) is 0 Å². The number of aromatic nitrogens is 5. The number of benzene rings is 6. The van der Waals surface area contributed by atoms with Crippen molar-refractivity contribution in [2.24, 2.45) is 0 Å². The molecule has 0 atom stereocenters. The lowest BCUT2D eigenvalue weighted by atomic mass is 9.98. The predicted molar refractivity (Wildman–Crippen MR) is 203 cm³/mol. The van der Waals surface area contributed by atoms with E-state index in [0.717, 1.165) is 66.6 Å². The third-order valence-electron chi connectivity index (χ3n) is 8.98. The van der Waals surface area contributed by atoms with Crippen molar-refractivity contribution in [3.05, 3.63) is 176 Å². The Labute approximate surface area is 289 Å². The summed E-state index contributed by atoms with van der Waals surface area (Å²) in [5.74, 6) is 1.93. The third-order valence-corrected chi connectivity index (χ3v) is 8.98. The van der Waals surface area contributed by atoms with Gasteiger partial charge in [-0.2, -0.15) is 0 Å². The lowest BCUT2D eigenvalue weighted by Crippen LogP contribution is -2.00. The van der Waals surface area contributed by atoms with E-state index in [4.69, 9.17) is 24.9 Å². The standard InChI is InChI=1S/C45H29N5/c1-3-12-32(13-4-1)43-48-44(33-14-5-2-6-15-33)50-45(49-43)36-17-11-16-34(28-36)30-22-24-31(25-23-30)35-26-27-46-41(29-35)42-39-20-8-7-18-37(39)38-19-9-10-21-40(38)47-42/h1-29H. The van der Waals surface area contributed by atoms with Crippen LogP contribution in [0, 0.1) is 0 Å². The largest absolute Gasteiger partial charge is 0.255 e. The van der Waals surface area contributed by atoms with Crippen LogP contribution in [0.25, 0.3) is 89.5 Å². The van der Waals surface area contributed by atoms with Crippen LogP contribution in [0.4, 0.5) is 0 Å². The second kappa shape index (κ2) is 12.6. The molecule has 3 aromatic heterocycles. The molecule has 0 aliphatic heterocycles. The Morgan fingerprint density at radius 3 is 1.46 bits per heavy atom. The van der Waals surface area contributed by atoms with Crippen LogP contribution in [0.2, 0.25) is 0 Å². The highest BCUT2D eigenvalue weighted by Gasteiger charge is 2.14. The smallest absolute Gasteiger partial charge is 0.164 e. The first-order valence-corrected chi connectivity index (χ1v) is 16.6. The number of rotatable bonds is 6. The Bertz CT molecular complexity index is 2580. The third kappa shape index (κ3) is 5.57. The van der Waals surface area contributed by atoms with Crippen molar-refractivity contribution in [3.63, 3.8) is 0 Å². The molecule has 9 aromatic rings. The molecule has 0 aliphatic carbocycles. The number of pyridine rings is 2. The van der Waals surface area contributed by atoms with Gasteiger partial charge in [-0.05, 0) is 51.9 Å². The molecule has 5 nitrogen and oxygen atoms in total. The van der Waals surface area contributed by atoms with Crippen LogP contribution >= 0.6 is 0 Å². The molecule has 0 aliphatic rings. The number of para-hydroxylation sites is 1. The molecule has 0 bridgehead atoms. The fourth-order valence-electron chi connectivity index (χ4n) is 6.47. The van der Waals surface area contributed by atoms with Gasteiger partial charge in [0.25, 0.3) is 0 Å². The molecular weight excluding hydrogens is 611 g/mol. The van der Waals surface area contributed by atoms with Crippen LogP contribution < -0.4 is 0 Å². The molecule has 0 radical (unpaired) electrons. The van der Waals surface area contributed by atoms with Crippen molar-refractivity contribution < 1.29 is 0 Å². The maximum absolute atomic E-state index is 5.06. The summed E-state index contributed by atoms with van der Waals surface area (Å²) in [7, 11) is 0. The van der Waals surface area contributed by atoms with Gasteiger partial charge in [0.05, 0.1) is 16.9 Å².